The van der Waals surface area contributed by atoms with Crippen molar-refractivity contribution in [3.63, 3.8) is 0 Å². The summed E-state index contributed by atoms with van der Waals surface area (Å²) >= 11 is 0. The first-order chi connectivity index (χ1) is 8.17. The minimum absolute atomic E-state index is 0.00835. The Bertz CT molecular complexity index is 263. The molecule has 3 nitrogen and oxygen atoms in total. The molecule has 3 unspecified atom stereocenters. The Balaban J connectivity index is 2.37. The van der Waals surface area contributed by atoms with Crippen LogP contribution in [-0.2, 0) is 4.79 Å². The first kappa shape index (κ1) is 14.2. The van der Waals surface area contributed by atoms with Gasteiger partial charge in [-0.05, 0) is 19.3 Å². The van der Waals surface area contributed by atoms with Crippen LogP contribution in [0.15, 0.2) is 12.2 Å². The Kier molecular flexibility index (Phi) is 6.27. The van der Waals surface area contributed by atoms with E-state index in [1.165, 1.54) is 12.8 Å². The zero-order valence-corrected chi connectivity index (χ0v) is 11.1. The average Bonchev–Trinajstić information content (AvgIpc) is 2.73. The summed E-state index contributed by atoms with van der Waals surface area (Å²) in [4.78, 5) is 12.0. The van der Waals surface area contributed by atoms with E-state index >= 15 is 0 Å². The minimum atomic E-state index is -0.00835. The molecule has 3 heteroatoms. The Morgan fingerprint density at radius 1 is 1.35 bits per heavy atom. The largest absolute Gasteiger partial charge is 0.353 e. The summed E-state index contributed by atoms with van der Waals surface area (Å²) in [6.07, 6.45) is 10.3. The van der Waals surface area contributed by atoms with Gasteiger partial charge >= 0.3 is 0 Å². The lowest BCUT2D eigenvalue weighted by atomic mass is 10.0. The molecule has 0 aromatic heterocycles. The van der Waals surface area contributed by atoms with Crippen LogP contribution in [0.25, 0.3) is 0 Å². The van der Waals surface area contributed by atoms with Crippen molar-refractivity contribution in [3.05, 3.63) is 12.2 Å². The Morgan fingerprint density at radius 2 is 2.12 bits per heavy atom. The van der Waals surface area contributed by atoms with Crippen molar-refractivity contribution in [1.82, 2.24) is 5.32 Å². The molecular weight excluding hydrogens is 212 g/mol. The minimum Gasteiger partial charge on any atom is -0.353 e. The number of nitrogens with two attached hydrogens (primary N) is 1. The Morgan fingerprint density at radius 3 is 2.65 bits per heavy atom. The monoisotopic (exact) mass is 238 g/mol. The van der Waals surface area contributed by atoms with Crippen LogP contribution >= 0.6 is 0 Å². The molecule has 17 heavy (non-hydrogen) atoms. The highest BCUT2D eigenvalue weighted by Gasteiger charge is 2.24. The molecule has 1 aliphatic rings. The summed E-state index contributed by atoms with van der Waals surface area (Å²) in [6.45, 7) is 4.35. The van der Waals surface area contributed by atoms with E-state index in [4.69, 9.17) is 5.73 Å². The third-order valence-electron chi connectivity index (χ3n) is 3.34. The highest BCUT2D eigenvalue weighted by atomic mass is 16.1. The van der Waals surface area contributed by atoms with Gasteiger partial charge in [0.05, 0.1) is 5.92 Å². The van der Waals surface area contributed by atoms with Crippen LogP contribution in [0.2, 0.25) is 0 Å². The van der Waals surface area contributed by atoms with E-state index in [1.807, 2.05) is 12.2 Å². The molecule has 0 heterocycles. The second-order valence-electron chi connectivity index (χ2n) is 5.03. The zero-order valence-electron chi connectivity index (χ0n) is 11.1. The maximum absolute atomic E-state index is 12.0. The van der Waals surface area contributed by atoms with Gasteiger partial charge in [-0.1, -0.05) is 45.3 Å². The van der Waals surface area contributed by atoms with E-state index in [0.717, 1.165) is 25.7 Å². The standard InChI is InChI=1S/C14H26N2O/c1-3-5-7-13(6-4-2)16-14(17)11-8-9-12(15)10-11/h8-9,11-13H,3-7,10,15H2,1-2H3,(H,16,17). The van der Waals surface area contributed by atoms with Crippen LogP contribution < -0.4 is 11.1 Å². The molecule has 0 aromatic rings. The molecule has 0 fully saturated rings. The van der Waals surface area contributed by atoms with Crippen LogP contribution in [0, 0.1) is 5.92 Å². The predicted octanol–water partition coefficient (Wildman–Crippen LogP) is 2.36. The Labute approximate surface area is 105 Å². The van der Waals surface area contributed by atoms with Gasteiger partial charge in [-0.15, -0.1) is 0 Å². The van der Waals surface area contributed by atoms with E-state index in [0.29, 0.717) is 6.04 Å². The molecular formula is C14H26N2O. The summed E-state index contributed by atoms with van der Waals surface area (Å²) in [5.74, 6) is 0.148. The van der Waals surface area contributed by atoms with Crippen molar-refractivity contribution in [2.24, 2.45) is 11.7 Å². The van der Waals surface area contributed by atoms with Crippen molar-refractivity contribution in [3.8, 4) is 0 Å². The molecule has 0 saturated carbocycles. The van der Waals surface area contributed by atoms with Gasteiger partial charge in [-0.25, -0.2) is 0 Å². The average molecular weight is 238 g/mol. The molecule has 1 amide bonds. The number of amides is 1. The van der Waals surface area contributed by atoms with Gasteiger partial charge in [0.15, 0.2) is 0 Å². The normalized spacial score (nSPS) is 24.9. The third-order valence-corrected chi connectivity index (χ3v) is 3.34. The summed E-state index contributed by atoms with van der Waals surface area (Å²) in [5.41, 5.74) is 5.77. The third kappa shape index (κ3) is 4.90. The highest BCUT2D eigenvalue weighted by molar-refractivity contribution is 5.81. The number of hydrogen-bond donors (Lipinski definition) is 2. The fraction of sp³-hybridized carbons (Fsp3) is 0.786. The smallest absolute Gasteiger partial charge is 0.227 e. The zero-order chi connectivity index (χ0) is 12.7. The maximum Gasteiger partial charge on any atom is 0.227 e. The van der Waals surface area contributed by atoms with Gasteiger partial charge in [0.25, 0.3) is 0 Å². The number of nitrogens with one attached hydrogen (secondary N) is 1. The lowest BCUT2D eigenvalue weighted by Crippen LogP contribution is -2.38. The Hall–Kier alpha value is -0.830. The first-order valence-electron chi connectivity index (χ1n) is 6.91. The van der Waals surface area contributed by atoms with Gasteiger partial charge < -0.3 is 11.1 Å². The molecule has 0 spiro atoms. The lowest BCUT2D eigenvalue weighted by Gasteiger charge is -2.20. The van der Waals surface area contributed by atoms with Crippen molar-refractivity contribution < 1.29 is 4.79 Å². The van der Waals surface area contributed by atoms with Crippen LogP contribution in [0.4, 0.5) is 0 Å². The fourth-order valence-corrected chi connectivity index (χ4v) is 2.32. The maximum atomic E-state index is 12.0. The van der Waals surface area contributed by atoms with Gasteiger partial charge in [0, 0.05) is 12.1 Å². The second-order valence-corrected chi connectivity index (χ2v) is 5.03. The van der Waals surface area contributed by atoms with Gasteiger partial charge in [0.1, 0.15) is 0 Å². The molecule has 0 bridgehead atoms. The van der Waals surface area contributed by atoms with E-state index in [2.05, 4.69) is 19.2 Å². The number of unbranched alkanes of at least 4 members (excludes halogenated alkanes) is 1. The van der Waals surface area contributed by atoms with Gasteiger partial charge in [-0.3, -0.25) is 4.79 Å². The van der Waals surface area contributed by atoms with Crippen molar-refractivity contribution in [2.45, 2.75) is 64.5 Å². The molecule has 1 rings (SSSR count). The SMILES string of the molecule is CCCCC(CCC)NC(=O)C1C=CC(N)C1. The topological polar surface area (TPSA) is 55.1 Å². The van der Waals surface area contributed by atoms with Gasteiger partial charge in [0.2, 0.25) is 5.91 Å². The molecule has 0 aromatic carbocycles. The van der Waals surface area contributed by atoms with E-state index in [1.54, 1.807) is 0 Å². The number of hydrogen-bond acceptors (Lipinski definition) is 2. The molecule has 0 aliphatic heterocycles. The molecule has 3 N–H and O–H groups in total. The van der Waals surface area contributed by atoms with Crippen molar-refractivity contribution in [2.75, 3.05) is 0 Å². The van der Waals surface area contributed by atoms with E-state index in [9.17, 15) is 4.79 Å². The fourth-order valence-electron chi connectivity index (χ4n) is 2.32. The van der Waals surface area contributed by atoms with Crippen LogP contribution in [0.1, 0.15) is 52.4 Å². The van der Waals surface area contributed by atoms with Crippen LogP contribution in [0.3, 0.4) is 0 Å². The summed E-state index contributed by atoms with van der Waals surface area (Å²) in [5, 5.41) is 3.17. The van der Waals surface area contributed by atoms with E-state index < -0.39 is 0 Å². The highest BCUT2D eigenvalue weighted by Crippen LogP contribution is 2.17. The predicted molar refractivity (Wildman–Crippen MR) is 71.6 cm³/mol. The molecule has 1 aliphatic carbocycles. The van der Waals surface area contributed by atoms with Crippen molar-refractivity contribution >= 4 is 5.91 Å². The summed E-state index contributed by atoms with van der Waals surface area (Å²) in [7, 11) is 0. The first-order valence-corrected chi connectivity index (χ1v) is 6.91. The molecule has 3 atom stereocenters. The lowest BCUT2D eigenvalue weighted by molar-refractivity contribution is -0.124. The summed E-state index contributed by atoms with van der Waals surface area (Å²) in [6, 6.07) is 0.406. The summed E-state index contributed by atoms with van der Waals surface area (Å²) < 4.78 is 0. The number of carbonyl (C=O) groups excluding carboxylic acids is 1. The van der Waals surface area contributed by atoms with Gasteiger partial charge in [-0.2, -0.15) is 0 Å². The van der Waals surface area contributed by atoms with E-state index in [-0.39, 0.29) is 17.9 Å². The molecule has 0 saturated heterocycles. The van der Waals surface area contributed by atoms with Crippen LogP contribution in [0.5, 0.6) is 0 Å². The molecule has 98 valence electrons. The van der Waals surface area contributed by atoms with Crippen LogP contribution in [-0.4, -0.2) is 18.0 Å². The quantitative estimate of drug-likeness (QED) is 0.669. The van der Waals surface area contributed by atoms with Crippen molar-refractivity contribution in [1.29, 1.82) is 0 Å². The number of rotatable bonds is 7. The second kappa shape index (κ2) is 7.49. The molecule has 0 radical (unpaired) electrons. The number of carbonyl (C=O) groups is 1.